The Labute approximate surface area is 132 Å². The molecule has 1 saturated heterocycles. The fraction of sp³-hybridized carbons (Fsp3) is 1.00. The summed E-state index contributed by atoms with van der Waals surface area (Å²) >= 11 is 0. The van der Waals surface area contributed by atoms with Crippen LogP contribution in [0, 0.1) is 11.3 Å². The molecule has 0 amide bonds. The predicted octanol–water partition coefficient (Wildman–Crippen LogP) is 4.20. The molecule has 122 valence electrons. The first-order valence-corrected chi connectivity index (χ1v) is 9.78. The van der Waals surface area contributed by atoms with E-state index in [2.05, 4.69) is 17.1 Å². The molecular formula is C19H36N2. The SMILES string of the molecule is CCCNCC1(CN2CCCC2C2CCCC2)CCCC1. The van der Waals surface area contributed by atoms with Gasteiger partial charge in [-0.25, -0.2) is 0 Å². The largest absolute Gasteiger partial charge is 0.316 e. The summed E-state index contributed by atoms with van der Waals surface area (Å²) < 4.78 is 0. The van der Waals surface area contributed by atoms with Crippen LogP contribution in [0.5, 0.6) is 0 Å². The molecule has 0 radical (unpaired) electrons. The van der Waals surface area contributed by atoms with Crippen molar-refractivity contribution in [2.75, 3.05) is 26.2 Å². The third kappa shape index (κ3) is 3.82. The number of hydrogen-bond donors (Lipinski definition) is 1. The summed E-state index contributed by atoms with van der Waals surface area (Å²) in [5.74, 6) is 1.04. The van der Waals surface area contributed by atoms with Crippen molar-refractivity contribution in [3.05, 3.63) is 0 Å². The summed E-state index contributed by atoms with van der Waals surface area (Å²) in [6.45, 7) is 7.54. The lowest BCUT2D eigenvalue weighted by molar-refractivity contribution is 0.111. The second-order valence-corrected chi connectivity index (χ2v) is 8.11. The smallest absolute Gasteiger partial charge is 0.0124 e. The highest BCUT2D eigenvalue weighted by Crippen LogP contribution is 2.42. The van der Waals surface area contributed by atoms with Crippen LogP contribution < -0.4 is 5.32 Å². The van der Waals surface area contributed by atoms with Crippen molar-refractivity contribution >= 4 is 0 Å². The van der Waals surface area contributed by atoms with E-state index in [0.29, 0.717) is 5.41 Å². The first-order chi connectivity index (χ1) is 10.3. The van der Waals surface area contributed by atoms with Gasteiger partial charge in [0.2, 0.25) is 0 Å². The summed E-state index contributed by atoms with van der Waals surface area (Å²) in [4.78, 5) is 2.93. The van der Waals surface area contributed by atoms with Crippen LogP contribution in [-0.4, -0.2) is 37.1 Å². The Bertz CT molecular complexity index is 303. The maximum absolute atomic E-state index is 3.75. The highest BCUT2D eigenvalue weighted by molar-refractivity contribution is 4.95. The molecule has 1 atom stereocenters. The Morgan fingerprint density at radius 3 is 2.48 bits per heavy atom. The van der Waals surface area contributed by atoms with Crippen LogP contribution in [-0.2, 0) is 0 Å². The van der Waals surface area contributed by atoms with E-state index in [1.807, 2.05) is 0 Å². The Kier molecular flexibility index (Phi) is 5.61. The first-order valence-electron chi connectivity index (χ1n) is 9.78. The van der Waals surface area contributed by atoms with Gasteiger partial charge in [0, 0.05) is 19.1 Å². The molecule has 0 aromatic rings. The molecule has 2 aliphatic carbocycles. The molecule has 0 aromatic carbocycles. The van der Waals surface area contributed by atoms with E-state index in [1.54, 1.807) is 0 Å². The van der Waals surface area contributed by atoms with Crippen LogP contribution in [0.1, 0.15) is 77.6 Å². The average molecular weight is 293 g/mol. The zero-order valence-electron chi connectivity index (χ0n) is 14.2. The van der Waals surface area contributed by atoms with Crippen molar-refractivity contribution in [3.8, 4) is 0 Å². The molecule has 1 N–H and O–H groups in total. The lowest BCUT2D eigenvalue weighted by Gasteiger charge is -2.38. The van der Waals surface area contributed by atoms with E-state index in [9.17, 15) is 0 Å². The van der Waals surface area contributed by atoms with Gasteiger partial charge in [-0.3, -0.25) is 4.90 Å². The lowest BCUT2D eigenvalue weighted by Crippen LogP contribution is -2.46. The van der Waals surface area contributed by atoms with Gasteiger partial charge in [-0.05, 0) is 69.4 Å². The summed E-state index contributed by atoms with van der Waals surface area (Å²) in [6, 6.07) is 0.941. The Hall–Kier alpha value is -0.0800. The normalized spacial score (nSPS) is 30.4. The number of rotatable bonds is 7. The van der Waals surface area contributed by atoms with Gasteiger partial charge in [-0.1, -0.05) is 32.6 Å². The van der Waals surface area contributed by atoms with E-state index >= 15 is 0 Å². The third-order valence-electron chi connectivity index (χ3n) is 6.49. The number of nitrogens with one attached hydrogen (secondary N) is 1. The van der Waals surface area contributed by atoms with E-state index in [4.69, 9.17) is 0 Å². The van der Waals surface area contributed by atoms with Crippen LogP contribution in [0.3, 0.4) is 0 Å². The van der Waals surface area contributed by atoms with Crippen LogP contribution in [0.15, 0.2) is 0 Å². The third-order valence-corrected chi connectivity index (χ3v) is 6.49. The molecular weight excluding hydrogens is 256 g/mol. The molecule has 1 heterocycles. The van der Waals surface area contributed by atoms with E-state index in [1.165, 1.54) is 96.8 Å². The van der Waals surface area contributed by atoms with Gasteiger partial charge in [0.15, 0.2) is 0 Å². The summed E-state index contributed by atoms with van der Waals surface area (Å²) in [5, 5.41) is 3.75. The maximum atomic E-state index is 3.75. The number of likely N-dealkylation sites (tertiary alicyclic amines) is 1. The van der Waals surface area contributed by atoms with Crippen molar-refractivity contribution in [3.63, 3.8) is 0 Å². The van der Waals surface area contributed by atoms with Crippen molar-refractivity contribution in [2.24, 2.45) is 11.3 Å². The van der Waals surface area contributed by atoms with Crippen molar-refractivity contribution < 1.29 is 0 Å². The van der Waals surface area contributed by atoms with Gasteiger partial charge in [0.05, 0.1) is 0 Å². The van der Waals surface area contributed by atoms with E-state index < -0.39 is 0 Å². The highest BCUT2D eigenvalue weighted by atomic mass is 15.2. The minimum Gasteiger partial charge on any atom is -0.316 e. The molecule has 3 rings (SSSR count). The predicted molar refractivity (Wildman–Crippen MR) is 90.6 cm³/mol. The average Bonchev–Trinajstić information content (AvgIpc) is 3.20. The zero-order valence-corrected chi connectivity index (χ0v) is 14.2. The minimum absolute atomic E-state index is 0.608. The first kappa shape index (κ1) is 15.8. The van der Waals surface area contributed by atoms with Gasteiger partial charge in [0.1, 0.15) is 0 Å². The van der Waals surface area contributed by atoms with Gasteiger partial charge in [-0.15, -0.1) is 0 Å². The molecule has 1 aliphatic heterocycles. The van der Waals surface area contributed by atoms with Gasteiger partial charge < -0.3 is 5.32 Å². The molecule has 2 saturated carbocycles. The lowest BCUT2D eigenvalue weighted by atomic mass is 9.84. The molecule has 3 fully saturated rings. The number of nitrogens with zero attached hydrogens (tertiary/aromatic N) is 1. The molecule has 0 bridgehead atoms. The summed E-state index contributed by atoms with van der Waals surface area (Å²) in [6.07, 6.45) is 16.1. The summed E-state index contributed by atoms with van der Waals surface area (Å²) in [5.41, 5.74) is 0.608. The van der Waals surface area contributed by atoms with Crippen molar-refractivity contribution in [1.82, 2.24) is 10.2 Å². The molecule has 0 spiro atoms. The fourth-order valence-corrected chi connectivity index (χ4v) is 5.40. The maximum Gasteiger partial charge on any atom is 0.0124 e. The molecule has 3 aliphatic rings. The topological polar surface area (TPSA) is 15.3 Å². The van der Waals surface area contributed by atoms with Crippen molar-refractivity contribution in [1.29, 1.82) is 0 Å². The zero-order chi connectivity index (χ0) is 14.5. The quantitative estimate of drug-likeness (QED) is 0.707. The Morgan fingerprint density at radius 1 is 1.00 bits per heavy atom. The Balaban J connectivity index is 1.58. The second kappa shape index (κ2) is 7.46. The molecule has 21 heavy (non-hydrogen) atoms. The standard InChI is InChI=1S/C19H36N2/c1-2-13-20-15-19(11-5-6-12-19)16-21-14-7-10-18(21)17-8-3-4-9-17/h17-18,20H,2-16H2,1H3. The van der Waals surface area contributed by atoms with Crippen LogP contribution >= 0.6 is 0 Å². The minimum atomic E-state index is 0.608. The molecule has 1 unspecified atom stereocenters. The number of hydrogen-bond acceptors (Lipinski definition) is 2. The van der Waals surface area contributed by atoms with Gasteiger partial charge in [0.25, 0.3) is 0 Å². The van der Waals surface area contributed by atoms with E-state index in [0.717, 1.165) is 12.0 Å². The second-order valence-electron chi connectivity index (χ2n) is 8.11. The van der Waals surface area contributed by atoms with E-state index in [-0.39, 0.29) is 0 Å². The summed E-state index contributed by atoms with van der Waals surface area (Å²) in [7, 11) is 0. The van der Waals surface area contributed by atoms with Crippen LogP contribution in [0.2, 0.25) is 0 Å². The van der Waals surface area contributed by atoms with Gasteiger partial charge in [-0.2, -0.15) is 0 Å². The highest BCUT2D eigenvalue weighted by Gasteiger charge is 2.40. The monoisotopic (exact) mass is 292 g/mol. The van der Waals surface area contributed by atoms with Gasteiger partial charge >= 0.3 is 0 Å². The van der Waals surface area contributed by atoms with Crippen molar-refractivity contribution in [2.45, 2.75) is 83.6 Å². The molecule has 2 heteroatoms. The Morgan fingerprint density at radius 2 is 1.76 bits per heavy atom. The fourth-order valence-electron chi connectivity index (χ4n) is 5.40. The molecule has 0 aromatic heterocycles. The van der Waals surface area contributed by atoms with Crippen LogP contribution in [0.4, 0.5) is 0 Å². The molecule has 2 nitrogen and oxygen atoms in total. The van der Waals surface area contributed by atoms with Crippen LogP contribution in [0.25, 0.3) is 0 Å².